The van der Waals surface area contributed by atoms with Crippen LogP contribution in [0.4, 0.5) is 0 Å². The third-order valence-electron chi connectivity index (χ3n) is 6.57. The third-order valence-corrected chi connectivity index (χ3v) is 6.57. The number of carbonyl (C=O) groups is 2. The van der Waals surface area contributed by atoms with E-state index in [0.717, 1.165) is 18.4 Å². The summed E-state index contributed by atoms with van der Waals surface area (Å²) >= 11 is 0. The Balaban J connectivity index is 1.63. The molecule has 0 spiro atoms. The Morgan fingerprint density at radius 2 is 2.09 bits per heavy atom. The first-order valence-electron chi connectivity index (χ1n) is 12.1. The highest BCUT2D eigenvalue weighted by molar-refractivity contribution is 5.97. The van der Waals surface area contributed by atoms with E-state index in [9.17, 15) is 14.7 Å². The summed E-state index contributed by atoms with van der Waals surface area (Å²) in [6.45, 7) is 4.43. The molecular formula is C27H32N4O4. The van der Waals surface area contributed by atoms with Gasteiger partial charge in [0.05, 0.1) is 19.2 Å². The van der Waals surface area contributed by atoms with Crippen LogP contribution >= 0.6 is 0 Å². The molecule has 8 heteroatoms. The summed E-state index contributed by atoms with van der Waals surface area (Å²) in [4.78, 5) is 38.0. The molecule has 2 aromatic rings. The van der Waals surface area contributed by atoms with E-state index in [2.05, 4.69) is 21.8 Å². The number of rotatable bonds is 6. The summed E-state index contributed by atoms with van der Waals surface area (Å²) < 4.78 is 6.27. The number of nitrogens with zero attached hydrogens (tertiary/aromatic N) is 4. The molecular weight excluding hydrogens is 444 g/mol. The monoisotopic (exact) mass is 476 g/mol. The van der Waals surface area contributed by atoms with Gasteiger partial charge in [0.1, 0.15) is 11.7 Å². The Kier molecular flexibility index (Phi) is 7.67. The number of aliphatic hydroxyl groups is 1. The molecule has 0 unspecified atom stereocenters. The van der Waals surface area contributed by atoms with E-state index >= 15 is 0 Å². The summed E-state index contributed by atoms with van der Waals surface area (Å²) in [5.74, 6) is 6.56. The second-order valence-corrected chi connectivity index (χ2v) is 9.61. The highest BCUT2D eigenvalue weighted by atomic mass is 16.5. The standard InChI is InChI=1S/C27H32N4O4/c1-18-15-31(19(2)17-32)27(34)23-11-22(9-8-21-5-4-10-28-13-21)14-29-26(23)35-24(18)16-30(3)25(33)12-20-6-7-20/h4-5,10-11,13-14,18-20,24,32H,6-7,12,15-17H2,1-3H3/t18-,19-,24+/m1/s1. The molecule has 2 aromatic heterocycles. The van der Waals surface area contributed by atoms with Crippen LogP contribution < -0.4 is 4.74 Å². The molecule has 0 radical (unpaired) electrons. The first-order valence-corrected chi connectivity index (χ1v) is 12.1. The fraction of sp³-hybridized carbons (Fsp3) is 0.481. The van der Waals surface area contributed by atoms with Crippen LogP contribution in [0.5, 0.6) is 5.88 Å². The second kappa shape index (κ2) is 10.9. The summed E-state index contributed by atoms with van der Waals surface area (Å²) in [7, 11) is 1.80. The molecule has 1 aliphatic carbocycles. The lowest BCUT2D eigenvalue weighted by atomic mass is 9.99. The predicted molar refractivity (Wildman–Crippen MR) is 131 cm³/mol. The maximum atomic E-state index is 13.5. The van der Waals surface area contributed by atoms with E-state index in [4.69, 9.17) is 4.74 Å². The Morgan fingerprint density at radius 1 is 1.31 bits per heavy atom. The van der Waals surface area contributed by atoms with Crippen molar-refractivity contribution in [3.63, 3.8) is 0 Å². The molecule has 1 N–H and O–H groups in total. The number of hydrogen-bond acceptors (Lipinski definition) is 6. The second-order valence-electron chi connectivity index (χ2n) is 9.61. The molecule has 1 saturated carbocycles. The fourth-order valence-corrected chi connectivity index (χ4v) is 4.07. The molecule has 184 valence electrons. The maximum absolute atomic E-state index is 13.5. The Morgan fingerprint density at radius 3 is 2.77 bits per heavy atom. The SMILES string of the molecule is C[C@@H]1CN([C@H](C)CO)C(=O)c2cc(C#Cc3cccnc3)cnc2O[C@H]1CN(C)C(=O)CC1CC1. The topological polar surface area (TPSA) is 95.9 Å². The minimum absolute atomic E-state index is 0.0795. The van der Waals surface area contributed by atoms with Gasteiger partial charge in [0.25, 0.3) is 5.91 Å². The molecule has 8 nitrogen and oxygen atoms in total. The molecule has 35 heavy (non-hydrogen) atoms. The average molecular weight is 477 g/mol. The molecule has 0 saturated heterocycles. The summed E-state index contributed by atoms with van der Waals surface area (Å²) in [6.07, 6.45) is 7.38. The third kappa shape index (κ3) is 6.17. The first-order chi connectivity index (χ1) is 16.9. The zero-order valence-corrected chi connectivity index (χ0v) is 20.5. The van der Waals surface area contributed by atoms with E-state index in [1.807, 2.05) is 26.0 Å². The number of aromatic nitrogens is 2. The van der Waals surface area contributed by atoms with Crippen molar-refractivity contribution in [3.8, 4) is 17.7 Å². The number of amides is 2. The van der Waals surface area contributed by atoms with Crippen LogP contribution in [0.2, 0.25) is 0 Å². The lowest BCUT2D eigenvalue weighted by molar-refractivity contribution is -0.131. The molecule has 1 fully saturated rings. The van der Waals surface area contributed by atoms with Crippen LogP contribution in [0.25, 0.3) is 0 Å². The smallest absolute Gasteiger partial charge is 0.259 e. The van der Waals surface area contributed by atoms with Gasteiger partial charge in [0.15, 0.2) is 0 Å². The van der Waals surface area contributed by atoms with Crippen molar-refractivity contribution in [2.45, 2.75) is 45.3 Å². The van der Waals surface area contributed by atoms with Crippen LogP contribution in [-0.4, -0.2) is 75.6 Å². The normalized spacial score (nSPS) is 20.5. The van der Waals surface area contributed by atoms with Crippen LogP contribution in [0.3, 0.4) is 0 Å². The Labute approximate surface area is 206 Å². The summed E-state index contributed by atoms with van der Waals surface area (Å²) in [6, 6.07) is 4.96. The molecule has 0 bridgehead atoms. The highest BCUT2D eigenvalue weighted by Crippen LogP contribution is 2.33. The van der Waals surface area contributed by atoms with Gasteiger partial charge in [-0.2, -0.15) is 0 Å². The molecule has 1 aliphatic heterocycles. The number of carbonyl (C=O) groups excluding carboxylic acids is 2. The molecule has 2 aliphatic rings. The number of likely N-dealkylation sites (N-methyl/N-ethyl adjacent to an activating group) is 1. The van der Waals surface area contributed by atoms with E-state index in [0.29, 0.717) is 36.6 Å². The lowest BCUT2D eigenvalue weighted by Gasteiger charge is -2.37. The fourth-order valence-electron chi connectivity index (χ4n) is 4.07. The van der Waals surface area contributed by atoms with Crippen molar-refractivity contribution in [2.75, 3.05) is 26.7 Å². The number of pyridine rings is 2. The minimum Gasteiger partial charge on any atom is -0.472 e. The van der Waals surface area contributed by atoms with Crippen molar-refractivity contribution in [3.05, 3.63) is 53.5 Å². The maximum Gasteiger partial charge on any atom is 0.259 e. The van der Waals surface area contributed by atoms with Gasteiger partial charge in [-0.3, -0.25) is 14.6 Å². The number of ether oxygens (including phenoxy) is 1. The zero-order valence-electron chi connectivity index (χ0n) is 20.5. The van der Waals surface area contributed by atoms with Gasteiger partial charge in [-0.15, -0.1) is 0 Å². The molecule has 4 rings (SSSR count). The van der Waals surface area contributed by atoms with Gasteiger partial charge < -0.3 is 19.6 Å². The largest absolute Gasteiger partial charge is 0.472 e. The van der Waals surface area contributed by atoms with Crippen molar-refractivity contribution in [1.29, 1.82) is 0 Å². The van der Waals surface area contributed by atoms with Crippen LogP contribution in [0, 0.1) is 23.7 Å². The Hall–Kier alpha value is -3.44. The van der Waals surface area contributed by atoms with E-state index in [1.54, 1.807) is 41.5 Å². The molecule has 3 atom stereocenters. The average Bonchev–Trinajstić information content (AvgIpc) is 3.69. The van der Waals surface area contributed by atoms with Crippen molar-refractivity contribution < 1.29 is 19.4 Å². The predicted octanol–water partition coefficient (Wildman–Crippen LogP) is 2.36. The van der Waals surface area contributed by atoms with Crippen molar-refractivity contribution in [2.24, 2.45) is 11.8 Å². The van der Waals surface area contributed by atoms with Crippen LogP contribution in [0.15, 0.2) is 36.8 Å². The quantitative estimate of drug-likeness (QED) is 0.643. The van der Waals surface area contributed by atoms with Crippen LogP contribution in [0.1, 0.15) is 54.6 Å². The molecule has 2 amide bonds. The van der Waals surface area contributed by atoms with E-state index in [1.165, 1.54) is 0 Å². The molecule has 3 heterocycles. The van der Waals surface area contributed by atoms with Gasteiger partial charge in [-0.1, -0.05) is 18.8 Å². The van der Waals surface area contributed by atoms with E-state index in [-0.39, 0.29) is 42.4 Å². The molecule has 0 aromatic carbocycles. The number of aliphatic hydroxyl groups excluding tert-OH is 1. The Bertz CT molecular complexity index is 1120. The van der Waals surface area contributed by atoms with Crippen LogP contribution in [-0.2, 0) is 4.79 Å². The number of hydrogen-bond donors (Lipinski definition) is 1. The zero-order chi connectivity index (χ0) is 24.9. The number of fused-ring (bicyclic) bond motifs is 1. The first kappa shape index (κ1) is 24.7. The lowest BCUT2D eigenvalue weighted by Crippen LogP contribution is -2.50. The van der Waals surface area contributed by atoms with Gasteiger partial charge in [-0.05, 0) is 43.9 Å². The van der Waals surface area contributed by atoms with E-state index < -0.39 is 0 Å². The van der Waals surface area contributed by atoms with Crippen molar-refractivity contribution in [1.82, 2.24) is 19.8 Å². The highest BCUT2D eigenvalue weighted by Gasteiger charge is 2.35. The van der Waals surface area contributed by atoms with Gasteiger partial charge >= 0.3 is 0 Å². The minimum atomic E-state index is -0.379. The van der Waals surface area contributed by atoms with Gasteiger partial charge in [0.2, 0.25) is 11.8 Å². The van der Waals surface area contributed by atoms with Gasteiger partial charge in [0, 0.05) is 55.6 Å². The summed E-state index contributed by atoms with van der Waals surface area (Å²) in [5.41, 5.74) is 1.63. The van der Waals surface area contributed by atoms with Gasteiger partial charge in [-0.25, -0.2) is 4.98 Å². The van der Waals surface area contributed by atoms with Crippen molar-refractivity contribution >= 4 is 11.8 Å². The summed E-state index contributed by atoms with van der Waals surface area (Å²) in [5, 5.41) is 9.82.